The number of rotatable bonds is 3. The minimum atomic E-state index is -0.404. The molecule has 2 aromatic carbocycles. The lowest BCUT2D eigenvalue weighted by atomic mass is 10.1. The number of carbonyl (C=O) groups is 1. The molecule has 0 aliphatic rings. The molecule has 0 aliphatic heterocycles. The molecule has 2 aromatic rings. The van der Waals surface area contributed by atoms with Crippen LogP contribution in [0.3, 0.4) is 0 Å². The van der Waals surface area contributed by atoms with Crippen molar-refractivity contribution in [2.45, 2.75) is 6.04 Å². The molecule has 0 spiro atoms. The van der Waals surface area contributed by atoms with Crippen LogP contribution in [0.5, 0.6) is 0 Å². The number of hydrogen-bond donors (Lipinski definition) is 1. The first-order valence-electron chi connectivity index (χ1n) is 5.68. The predicted octanol–water partition coefficient (Wildman–Crippen LogP) is 2.79. The second-order valence-electron chi connectivity index (χ2n) is 3.85. The highest BCUT2D eigenvalue weighted by molar-refractivity contribution is 5.94. The number of hydrogen-bond acceptors (Lipinski definition) is 1. The number of terminal acetylenes is 1. The van der Waals surface area contributed by atoms with Gasteiger partial charge in [-0.25, -0.2) is 0 Å². The van der Waals surface area contributed by atoms with Gasteiger partial charge in [0.15, 0.2) is 0 Å². The van der Waals surface area contributed by atoms with Crippen LogP contribution in [0, 0.1) is 12.3 Å². The summed E-state index contributed by atoms with van der Waals surface area (Å²) in [6, 6.07) is 18.1. The fourth-order valence-corrected chi connectivity index (χ4v) is 1.67. The zero-order valence-corrected chi connectivity index (χ0v) is 9.84. The van der Waals surface area contributed by atoms with Gasteiger partial charge in [-0.05, 0) is 17.7 Å². The molecule has 1 atom stereocenters. The van der Waals surface area contributed by atoms with Crippen molar-refractivity contribution >= 4 is 5.91 Å². The lowest BCUT2D eigenvalue weighted by Crippen LogP contribution is -2.27. The molecule has 2 nitrogen and oxygen atoms in total. The van der Waals surface area contributed by atoms with E-state index in [1.165, 1.54) is 0 Å². The Hall–Kier alpha value is -2.53. The summed E-state index contributed by atoms with van der Waals surface area (Å²) in [6.07, 6.45) is 5.47. The van der Waals surface area contributed by atoms with Gasteiger partial charge in [0.2, 0.25) is 0 Å². The Morgan fingerprint density at radius 3 is 2.11 bits per heavy atom. The van der Waals surface area contributed by atoms with E-state index in [1.54, 1.807) is 12.1 Å². The zero-order valence-electron chi connectivity index (χ0n) is 9.84. The molecule has 2 heteroatoms. The molecule has 1 amide bonds. The second kappa shape index (κ2) is 5.70. The minimum Gasteiger partial charge on any atom is -0.334 e. The summed E-state index contributed by atoms with van der Waals surface area (Å²) in [7, 11) is 0. The molecule has 0 heterocycles. The van der Waals surface area contributed by atoms with E-state index in [2.05, 4.69) is 11.2 Å². The predicted molar refractivity (Wildman–Crippen MR) is 71.9 cm³/mol. The molecule has 1 N–H and O–H groups in total. The van der Waals surface area contributed by atoms with Gasteiger partial charge in [0.25, 0.3) is 5.91 Å². The molecule has 0 radical (unpaired) electrons. The van der Waals surface area contributed by atoms with Gasteiger partial charge < -0.3 is 5.32 Å². The van der Waals surface area contributed by atoms with Gasteiger partial charge in [0.1, 0.15) is 6.04 Å². The molecule has 2 rings (SSSR count). The van der Waals surface area contributed by atoms with E-state index in [0.717, 1.165) is 5.56 Å². The van der Waals surface area contributed by atoms with E-state index in [4.69, 9.17) is 6.42 Å². The summed E-state index contributed by atoms with van der Waals surface area (Å²) in [5, 5.41) is 2.82. The normalized spacial score (nSPS) is 11.3. The average molecular weight is 235 g/mol. The Labute approximate surface area is 107 Å². The standard InChI is InChI=1S/C16H13NO/c1-2-15(13-9-5-3-6-10-13)17-16(18)14-11-7-4-8-12-14/h1,3-12,15H,(H,17,18)/t15-/m0/s1. The lowest BCUT2D eigenvalue weighted by molar-refractivity contribution is 0.0945. The maximum atomic E-state index is 12.0. The quantitative estimate of drug-likeness (QED) is 0.814. The highest BCUT2D eigenvalue weighted by Crippen LogP contribution is 2.12. The van der Waals surface area contributed by atoms with E-state index in [-0.39, 0.29) is 5.91 Å². The van der Waals surface area contributed by atoms with Crippen molar-refractivity contribution in [1.82, 2.24) is 5.32 Å². The smallest absolute Gasteiger partial charge is 0.252 e. The molecular weight excluding hydrogens is 222 g/mol. The van der Waals surface area contributed by atoms with Crippen molar-refractivity contribution < 1.29 is 4.79 Å². The van der Waals surface area contributed by atoms with Gasteiger partial charge in [-0.3, -0.25) is 4.79 Å². The Morgan fingerprint density at radius 1 is 1.00 bits per heavy atom. The number of nitrogens with one attached hydrogen (secondary N) is 1. The first-order chi connectivity index (χ1) is 8.81. The molecule has 88 valence electrons. The van der Waals surface area contributed by atoms with Crippen molar-refractivity contribution in [2.24, 2.45) is 0 Å². The Kier molecular flexibility index (Phi) is 3.78. The Bertz CT molecular complexity index is 555. The SMILES string of the molecule is C#C[C@H](NC(=O)c1ccccc1)c1ccccc1. The maximum Gasteiger partial charge on any atom is 0.252 e. The molecule has 0 unspecified atom stereocenters. The van der Waals surface area contributed by atoms with Crippen LogP contribution in [0.1, 0.15) is 22.0 Å². The van der Waals surface area contributed by atoms with Gasteiger partial charge in [-0.1, -0.05) is 54.5 Å². The molecule has 0 aromatic heterocycles. The Morgan fingerprint density at radius 2 is 1.56 bits per heavy atom. The summed E-state index contributed by atoms with van der Waals surface area (Å²) in [6.45, 7) is 0. The molecule has 0 saturated carbocycles. The van der Waals surface area contributed by atoms with Gasteiger partial charge in [-0.2, -0.15) is 0 Å². The highest BCUT2D eigenvalue weighted by atomic mass is 16.1. The van der Waals surface area contributed by atoms with Crippen LogP contribution < -0.4 is 5.32 Å². The van der Waals surface area contributed by atoms with Crippen LogP contribution in [-0.2, 0) is 0 Å². The first kappa shape index (κ1) is 11.9. The lowest BCUT2D eigenvalue weighted by Gasteiger charge is -2.13. The van der Waals surface area contributed by atoms with Crippen molar-refractivity contribution in [1.29, 1.82) is 0 Å². The summed E-state index contributed by atoms with van der Waals surface area (Å²) in [4.78, 5) is 12.0. The molecule has 0 fully saturated rings. The Balaban J connectivity index is 2.14. The minimum absolute atomic E-state index is 0.164. The van der Waals surface area contributed by atoms with Crippen molar-refractivity contribution in [3.8, 4) is 12.3 Å². The van der Waals surface area contributed by atoms with Crippen LogP contribution >= 0.6 is 0 Å². The summed E-state index contributed by atoms with van der Waals surface area (Å²) in [5.74, 6) is 2.42. The fourth-order valence-electron chi connectivity index (χ4n) is 1.67. The first-order valence-corrected chi connectivity index (χ1v) is 5.68. The third-order valence-corrected chi connectivity index (χ3v) is 2.61. The van der Waals surface area contributed by atoms with Crippen LogP contribution in [0.2, 0.25) is 0 Å². The molecule has 0 aliphatic carbocycles. The van der Waals surface area contributed by atoms with Crippen LogP contribution in [0.4, 0.5) is 0 Å². The summed E-state index contributed by atoms with van der Waals surface area (Å²) >= 11 is 0. The van der Waals surface area contributed by atoms with E-state index in [1.807, 2.05) is 48.5 Å². The summed E-state index contributed by atoms with van der Waals surface area (Å²) in [5.41, 5.74) is 1.51. The van der Waals surface area contributed by atoms with Crippen LogP contribution in [0.15, 0.2) is 60.7 Å². The monoisotopic (exact) mass is 235 g/mol. The third-order valence-electron chi connectivity index (χ3n) is 2.61. The van der Waals surface area contributed by atoms with Crippen molar-refractivity contribution in [3.05, 3.63) is 71.8 Å². The maximum absolute atomic E-state index is 12.0. The number of amides is 1. The van der Waals surface area contributed by atoms with Gasteiger partial charge >= 0.3 is 0 Å². The van der Waals surface area contributed by atoms with E-state index < -0.39 is 6.04 Å². The summed E-state index contributed by atoms with van der Waals surface area (Å²) < 4.78 is 0. The molecule has 0 saturated heterocycles. The number of carbonyl (C=O) groups excluding carboxylic acids is 1. The molecule has 18 heavy (non-hydrogen) atoms. The topological polar surface area (TPSA) is 29.1 Å². The van der Waals surface area contributed by atoms with Crippen molar-refractivity contribution in [3.63, 3.8) is 0 Å². The third kappa shape index (κ3) is 2.78. The van der Waals surface area contributed by atoms with E-state index >= 15 is 0 Å². The van der Waals surface area contributed by atoms with E-state index in [9.17, 15) is 4.79 Å². The largest absolute Gasteiger partial charge is 0.334 e. The van der Waals surface area contributed by atoms with Crippen LogP contribution in [0.25, 0.3) is 0 Å². The van der Waals surface area contributed by atoms with Crippen LogP contribution in [-0.4, -0.2) is 5.91 Å². The molecular formula is C16H13NO. The molecule has 0 bridgehead atoms. The van der Waals surface area contributed by atoms with Gasteiger partial charge in [0, 0.05) is 5.56 Å². The van der Waals surface area contributed by atoms with Gasteiger partial charge in [-0.15, -0.1) is 6.42 Å². The van der Waals surface area contributed by atoms with E-state index in [0.29, 0.717) is 5.56 Å². The second-order valence-corrected chi connectivity index (χ2v) is 3.85. The average Bonchev–Trinajstić information content (AvgIpc) is 2.46. The highest BCUT2D eigenvalue weighted by Gasteiger charge is 2.12. The van der Waals surface area contributed by atoms with Crippen molar-refractivity contribution in [2.75, 3.05) is 0 Å². The fraction of sp³-hybridized carbons (Fsp3) is 0.0625. The van der Waals surface area contributed by atoms with Gasteiger partial charge in [0.05, 0.1) is 0 Å². The zero-order chi connectivity index (χ0) is 12.8. The number of benzene rings is 2.